The highest BCUT2D eigenvalue weighted by Crippen LogP contribution is 2.42. The van der Waals surface area contributed by atoms with E-state index in [-0.39, 0.29) is 5.75 Å². The summed E-state index contributed by atoms with van der Waals surface area (Å²) >= 11 is 1.46. The van der Waals surface area contributed by atoms with Crippen molar-refractivity contribution in [3.05, 3.63) is 17.7 Å². The first-order valence-corrected chi connectivity index (χ1v) is 6.73. The molecule has 0 radical (unpaired) electrons. The molecule has 0 aromatic heterocycles. The third kappa shape index (κ3) is 3.35. The minimum atomic E-state index is -0.486. The molecule has 0 spiro atoms. The van der Waals surface area contributed by atoms with Crippen LogP contribution in [0.2, 0.25) is 0 Å². The van der Waals surface area contributed by atoms with Crippen LogP contribution in [0.25, 0.3) is 6.08 Å². The van der Waals surface area contributed by atoms with E-state index in [2.05, 4.69) is 10.1 Å². The predicted octanol–water partition coefficient (Wildman–Crippen LogP) is 2.35. The number of phenolic OH excluding ortho intramolecular Hbond substituents is 1. The molecule has 0 fully saturated rings. The summed E-state index contributed by atoms with van der Waals surface area (Å²) in [6.45, 7) is 0. The number of rotatable bonds is 5. The molecule has 2 N–H and O–H groups in total. The molecule has 0 aliphatic heterocycles. The van der Waals surface area contributed by atoms with Gasteiger partial charge in [-0.2, -0.15) is 0 Å². The van der Waals surface area contributed by atoms with Crippen molar-refractivity contribution in [1.82, 2.24) is 0 Å². The van der Waals surface area contributed by atoms with Gasteiger partial charge in [0.1, 0.15) is 0 Å². The highest BCUT2D eigenvalue weighted by atomic mass is 32.2. The summed E-state index contributed by atoms with van der Waals surface area (Å²) in [6, 6.07) is 1.71. The van der Waals surface area contributed by atoms with Gasteiger partial charge >= 0.3 is 5.97 Å². The van der Waals surface area contributed by atoms with E-state index in [0.29, 0.717) is 11.3 Å². The van der Waals surface area contributed by atoms with E-state index in [1.807, 2.05) is 6.26 Å². The monoisotopic (exact) mass is 283 g/mol. The van der Waals surface area contributed by atoms with Crippen molar-refractivity contribution in [3.8, 4) is 11.5 Å². The maximum atomic E-state index is 11.2. The minimum absolute atomic E-state index is 0.00833. The van der Waals surface area contributed by atoms with E-state index < -0.39 is 5.97 Å². The molecule has 0 bridgehead atoms. The third-order valence-electron chi connectivity index (χ3n) is 2.53. The van der Waals surface area contributed by atoms with Gasteiger partial charge in [0.15, 0.2) is 11.5 Å². The lowest BCUT2D eigenvalue weighted by atomic mass is 10.1. The molecule has 0 aliphatic rings. The van der Waals surface area contributed by atoms with E-state index >= 15 is 0 Å². The van der Waals surface area contributed by atoms with Crippen LogP contribution in [0.15, 0.2) is 17.0 Å². The van der Waals surface area contributed by atoms with Gasteiger partial charge in [-0.1, -0.05) is 0 Å². The van der Waals surface area contributed by atoms with Crippen LogP contribution in [0.3, 0.4) is 0 Å². The number of hydrogen-bond donors (Lipinski definition) is 2. The molecule has 0 heterocycles. The van der Waals surface area contributed by atoms with E-state index in [9.17, 15) is 9.90 Å². The van der Waals surface area contributed by atoms with Crippen molar-refractivity contribution in [2.75, 3.05) is 32.8 Å². The first-order chi connectivity index (χ1) is 9.08. The SMILES string of the molecule is CNc1cc(OC)c(O)c(/C=C/C(=O)OC)c1SC. The fraction of sp³-hybridized carbons (Fsp3) is 0.308. The maximum Gasteiger partial charge on any atom is 0.330 e. The molecule has 1 aromatic rings. The molecule has 5 nitrogen and oxygen atoms in total. The fourth-order valence-corrected chi connectivity index (χ4v) is 2.35. The van der Waals surface area contributed by atoms with Crippen LogP contribution in [-0.2, 0) is 9.53 Å². The van der Waals surface area contributed by atoms with E-state index in [1.165, 1.54) is 38.1 Å². The molecule has 0 atom stereocenters. The Hall–Kier alpha value is -1.82. The van der Waals surface area contributed by atoms with Gasteiger partial charge in [-0.15, -0.1) is 11.8 Å². The number of thioether (sulfide) groups is 1. The van der Waals surface area contributed by atoms with Crippen molar-refractivity contribution in [1.29, 1.82) is 0 Å². The highest BCUT2D eigenvalue weighted by molar-refractivity contribution is 7.98. The Labute approximate surface area is 116 Å². The summed E-state index contributed by atoms with van der Waals surface area (Å²) in [6.07, 6.45) is 4.65. The minimum Gasteiger partial charge on any atom is -0.504 e. The smallest absolute Gasteiger partial charge is 0.330 e. The van der Waals surface area contributed by atoms with Gasteiger partial charge in [0.25, 0.3) is 0 Å². The number of carbonyl (C=O) groups excluding carboxylic acids is 1. The number of methoxy groups -OCH3 is 2. The van der Waals surface area contributed by atoms with Crippen molar-refractivity contribution in [2.24, 2.45) is 0 Å². The van der Waals surface area contributed by atoms with Gasteiger partial charge in [-0.25, -0.2) is 4.79 Å². The van der Waals surface area contributed by atoms with Gasteiger partial charge in [0.2, 0.25) is 0 Å². The second-order valence-corrected chi connectivity index (χ2v) is 4.34. The van der Waals surface area contributed by atoms with Crippen LogP contribution >= 0.6 is 11.8 Å². The molecule has 0 saturated carbocycles. The number of aromatic hydroxyl groups is 1. The van der Waals surface area contributed by atoms with E-state index in [4.69, 9.17) is 4.74 Å². The van der Waals surface area contributed by atoms with Crippen LogP contribution in [-0.4, -0.2) is 38.6 Å². The molecule has 104 valence electrons. The Morgan fingerprint density at radius 3 is 2.63 bits per heavy atom. The average Bonchev–Trinajstić information content (AvgIpc) is 2.44. The Kier molecular flexibility index (Phi) is 5.57. The number of anilines is 1. The summed E-state index contributed by atoms with van der Waals surface area (Å²) in [4.78, 5) is 12.0. The number of carbonyl (C=O) groups is 1. The standard InChI is InChI=1S/C13H17NO4S/c1-14-9-7-10(17-2)12(16)8(13(9)19-4)5-6-11(15)18-3/h5-7,14,16H,1-4H3/b6-5+. The average molecular weight is 283 g/mol. The largest absolute Gasteiger partial charge is 0.504 e. The first-order valence-electron chi connectivity index (χ1n) is 5.50. The first kappa shape index (κ1) is 15.2. The Morgan fingerprint density at radius 1 is 1.47 bits per heavy atom. The van der Waals surface area contributed by atoms with Crippen molar-refractivity contribution in [3.63, 3.8) is 0 Å². The number of ether oxygens (including phenoxy) is 2. The summed E-state index contributed by atoms with van der Waals surface area (Å²) < 4.78 is 9.65. The molecule has 0 saturated heterocycles. The van der Waals surface area contributed by atoms with Gasteiger partial charge in [-0.3, -0.25) is 0 Å². The molecule has 0 amide bonds. The number of benzene rings is 1. The molecule has 1 rings (SSSR count). The van der Waals surface area contributed by atoms with Crippen LogP contribution in [0.5, 0.6) is 11.5 Å². The third-order valence-corrected chi connectivity index (χ3v) is 3.38. The zero-order valence-corrected chi connectivity index (χ0v) is 12.1. The second-order valence-electron chi connectivity index (χ2n) is 3.53. The molecule has 0 aliphatic carbocycles. The molecule has 19 heavy (non-hydrogen) atoms. The number of hydrogen-bond acceptors (Lipinski definition) is 6. The number of esters is 1. The highest BCUT2D eigenvalue weighted by Gasteiger charge is 2.15. The molecule has 6 heteroatoms. The van der Waals surface area contributed by atoms with Gasteiger partial charge in [0.05, 0.1) is 19.9 Å². The maximum absolute atomic E-state index is 11.2. The van der Waals surface area contributed by atoms with Crippen LogP contribution in [0.1, 0.15) is 5.56 Å². The van der Waals surface area contributed by atoms with E-state index in [0.717, 1.165) is 10.6 Å². The normalized spacial score (nSPS) is 10.5. The van der Waals surface area contributed by atoms with Crippen LogP contribution in [0.4, 0.5) is 5.69 Å². The van der Waals surface area contributed by atoms with E-state index in [1.54, 1.807) is 13.1 Å². The number of phenols is 1. The molecular formula is C13H17NO4S. The van der Waals surface area contributed by atoms with Crippen molar-refractivity contribution in [2.45, 2.75) is 4.90 Å². The fourth-order valence-electron chi connectivity index (χ4n) is 1.59. The lowest BCUT2D eigenvalue weighted by Gasteiger charge is -2.15. The summed E-state index contributed by atoms with van der Waals surface area (Å²) in [5, 5.41) is 13.2. The topological polar surface area (TPSA) is 67.8 Å². The second kappa shape index (κ2) is 6.94. The van der Waals surface area contributed by atoms with Gasteiger partial charge in [-0.05, 0) is 12.3 Å². The lowest BCUT2D eigenvalue weighted by Crippen LogP contribution is -1.97. The zero-order valence-electron chi connectivity index (χ0n) is 11.3. The van der Waals surface area contributed by atoms with Crippen molar-refractivity contribution < 1.29 is 19.4 Å². The summed E-state index contributed by atoms with van der Waals surface area (Å²) in [5.41, 5.74) is 1.33. The van der Waals surface area contributed by atoms with Crippen LogP contribution < -0.4 is 10.1 Å². The zero-order chi connectivity index (χ0) is 14.4. The number of nitrogens with one attached hydrogen (secondary N) is 1. The Balaban J connectivity index is 3.40. The quantitative estimate of drug-likeness (QED) is 0.374. The Morgan fingerprint density at radius 2 is 2.16 bits per heavy atom. The van der Waals surface area contributed by atoms with Crippen LogP contribution in [0, 0.1) is 0 Å². The molecule has 1 aromatic carbocycles. The van der Waals surface area contributed by atoms with Crippen molar-refractivity contribution >= 4 is 29.5 Å². The van der Waals surface area contributed by atoms with Gasteiger partial charge in [0, 0.05) is 29.6 Å². The summed E-state index contributed by atoms with van der Waals surface area (Å²) in [7, 11) is 4.55. The molecular weight excluding hydrogens is 266 g/mol. The molecule has 0 unspecified atom stereocenters. The van der Waals surface area contributed by atoms with Gasteiger partial charge < -0.3 is 19.9 Å². The summed E-state index contributed by atoms with van der Waals surface area (Å²) in [5.74, 6) is -0.155. The lowest BCUT2D eigenvalue weighted by molar-refractivity contribution is -0.134. The predicted molar refractivity (Wildman–Crippen MR) is 77.0 cm³/mol. The Bertz CT molecular complexity index is 500.